The van der Waals surface area contributed by atoms with Crippen LogP contribution in [0.5, 0.6) is 5.75 Å². The number of Topliss-reactive ketones (excluding diaryl/α,β-unsaturated/α-hetero) is 1. The Labute approximate surface area is 115 Å². The van der Waals surface area contributed by atoms with E-state index in [1.807, 2.05) is 0 Å². The van der Waals surface area contributed by atoms with Crippen LogP contribution in [0.25, 0.3) is 0 Å². The molecule has 0 fully saturated rings. The van der Waals surface area contributed by atoms with Crippen molar-refractivity contribution in [1.82, 2.24) is 0 Å². The Kier molecular flexibility index (Phi) is 6.05. The van der Waals surface area contributed by atoms with Crippen LogP contribution in [0.2, 0.25) is 0 Å². The van der Waals surface area contributed by atoms with Gasteiger partial charge in [-0.2, -0.15) is 8.78 Å². The summed E-state index contributed by atoms with van der Waals surface area (Å²) >= 11 is 6.30. The van der Waals surface area contributed by atoms with E-state index < -0.39 is 6.61 Å². The third kappa shape index (κ3) is 4.71. The number of carbonyl (C=O) groups is 1. The lowest BCUT2D eigenvalue weighted by Crippen LogP contribution is -2.09. The van der Waals surface area contributed by atoms with Gasteiger partial charge in [0.15, 0.2) is 0 Å². The largest absolute Gasteiger partial charge is 0.435 e. The van der Waals surface area contributed by atoms with Gasteiger partial charge in [-0.25, -0.2) is 0 Å². The number of carbonyl (C=O) groups excluding carboxylic acids is 1. The lowest BCUT2D eigenvalue weighted by molar-refractivity contribution is -0.116. The second-order valence-electron chi connectivity index (χ2n) is 3.30. The number of hydrogen-bond acceptors (Lipinski definition) is 2. The highest BCUT2D eigenvalue weighted by atomic mass is 79.9. The van der Waals surface area contributed by atoms with Gasteiger partial charge in [-0.3, -0.25) is 4.79 Å². The zero-order valence-electron chi connectivity index (χ0n) is 8.76. The van der Waals surface area contributed by atoms with Gasteiger partial charge in [-0.1, -0.05) is 44.0 Å². The van der Waals surface area contributed by atoms with Crippen molar-refractivity contribution in [3.63, 3.8) is 0 Å². The molecular formula is C11H10Br2F2O2. The van der Waals surface area contributed by atoms with Crippen molar-refractivity contribution in [2.75, 3.05) is 5.33 Å². The van der Waals surface area contributed by atoms with E-state index in [9.17, 15) is 13.6 Å². The van der Waals surface area contributed by atoms with Crippen LogP contribution < -0.4 is 4.74 Å². The zero-order valence-corrected chi connectivity index (χ0v) is 11.9. The molecule has 0 spiro atoms. The molecule has 0 aliphatic rings. The van der Waals surface area contributed by atoms with Gasteiger partial charge in [0.1, 0.15) is 11.5 Å². The molecule has 0 aromatic heterocycles. The summed E-state index contributed by atoms with van der Waals surface area (Å²) < 4.78 is 28.7. The first-order valence-electron chi connectivity index (χ1n) is 4.77. The first kappa shape index (κ1) is 14.6. The molecule has 0 aliphatic carbocycles. The first-order chi connectivity index (χ1) is 8.06. The highest BCUT2D eigenvalue weighted by Gasteiger charge is 2.12. The summed E-state index contributed by atoms with van der Waals surface area (Å²) in [5.74, 6) is -0.0326. The van der Waals surface area contributed by atoms with Gasteiger partial charge >= 0.3 is 6.61 Å². The number of hydrogen-bond donors (Lipinski definition) is 0. The maximum Gasteiger partial charge on any atom is 0.387 e. The average Bonchev–Trinajstić information content (AvgIpc) is 2.30. The minimum absolute atomic E-state index is 0.0546. The predicted octanol–water partition coefficient (Wildman–Crippen LogP) is 3.69. The number of halogens is 4. The molecule has 1 aromatic carbocycles. The summed E-state index contributed by atoms with van der Waals surface area (Å²) in [6, 6.07) is 4.82. The Bertz CT molecular complexity index is 397. The minimum Gasteiger partial charge on any atom is -0.435 e. The number of benzene rings is 1. The summed E-state index contributed by atoms with van der Waals surface area (Å²) in [5, 5.41) is 0.789. The minimum atomic E-state index is -2.89. The Morgan fingerprint density at radius 1 is 1.35 bits per heavy atom. The van der Waals surface area contributed by atoms with E-state index in [1.54, 1.807) is 12.1 Å². The Hall–Kier alpha value is -0.490. The Morgan fingerprint density at radius 3 is 2.59 bits per heavy atom. The van der Waals surface area contributed by atoms with Crippen LogP contribution in [0.15, 0.2) is 18.2 Å². The van der Waals surface area contributed by atoms with Crippen LogP contribution in [0.4, 0.5) is 8.78 Å². The van der Waals surface area contributed by atoms with Crippen LogP contribution in [0.1, 0.15) is 11.1 Å². The molecule has 0 N–H and O–H groups in total. The molecule has 17 heavy (non-hydrogen) atoms. The topological polar surface area (TPSA) is 26.3 Å². The van der Waals surface area contributed by atoms with Crippen molar-refractivity contribution in [1.29, 1.82) is 0 Å². The van der Waals surface area contributed by atoms with Crippen molar-refractivity contribution in [2.24, 2.45) is 0 Å². The van der Waals surface area contributed by atoms with Crippen LogP contribution in [-0.4, -0.2) is 17.7 Å². The van der Waals surface area contributed by atoms with E-state index in [0.29, 0.717) is 10.9 Å². The van der Waals surface area contributed by atoms with Gasteiger partial charge in [0, 0.05) is 17.3 Å². The zero-order chi connectivity index (χ0) is 12.8. The second-order valence-corrected chi connectivity index (χ2v) is 4.42. The third-order valence-corrected chi connectivity index (χ3v) is 3.30. The quantitative estimate of drug-likeness (QED) is 0.713. The van der Waals surface area contributed by atoms with Gasteiger partial charge < -0.3 is 4.74 Å². The molecule has 2 nitrogen and oxygen atoms in total. The summed E-state index contributed by atoms with van der Waals surface area (Å²) in [6.45, 7) is -2.89. The van der Waals surface area contributed by atoms with Crippen molar-refractivity contribution >= 4 is 37.6 Å². The summed E-state index contributed by atoms with van der Waals surface area (Å²) in [6.07, 6.45) is 0.0775. The van der Waals surface area contributed by atoms with E-state index >= 15 is 0 Å². The average molecular weight is 372 g/mol. The smallest absolute Gasteiger partial charge is 0.387 e. The lowest BCUT2D eigenvalue weighted by Gasteiger charge is -2.11. The molecule has 1 rings (SSSR count). The molecular weight excluding hydrogens is 362 g/mol. The highest BCUT2D eigenvalue weighted by Crippen LogP contribution is 2.24. The molecule has 0 saturated carbocycles. The molecule has 6 heteroatoms. The van der Waals surface area contributed by atoms with E-state index in [1.165, 1.54) is 6.07 Å². The molecule has 94 valence electrons. The molecule has 0 bridgehead atoms. The van der Waals surface area contributed by atoms with Crippen LogP contribution in [-0.2, 0) is 16.5 Å². The fraction of sp³-hybridized carbons (Fsp3) is 0.364. The number of ketones is 1. The molecule has 0 aliphatic heterocycles. The van der Waals surface area contributed by atoms with Crippen LogP contribution >= 0.6 is 31.9 Å². The monoisotopic (exact) mass is 370 g/mol. The van der Waals surface area contributed by atoms with Gasteiger partial charge in [-0.15, -0.1) is 0 Å². The SMILES string of the molecule is O=C(CBr)Cc1cc(CBr)ccc1OC(F)F. The van der Waals surface area contributed by atoms with Crippen molar-refractivity contribution in [3.8, 4) is 5.75 Å². The van der Waals surface area contributed by atoms with E-state index in [4.69, 9.17) is 0 Å². The normalized spacial score (nSPS) is 10.6. The number of rotatable bonds is 6. The third-order valence-electron chi connectivity index (χ3n) is 2.03. The van der Waals surface area contributed by atoms with Crippen LogP contribution in [0, 0.1) is 0 Å². The van der Waals surface area contributed by atoms with Gasteiger partial charge in [0.2, 0.25) is 0 Å². The number of alkyl halides is 4. The molecule has 0 heterocycles. The maximum atomic E-state index is 12.2. The van der Waals surface area contributed by atoms with Crippen molar-refractivity contribution in [2.45, 2.75) is 18.4 Å². The summed E-state index contributed by atoms with van der Waals surface area (Å²) in [5.41, 5.74) is 1.38. The standard InChI is InChI=1S/C11H10Br2F2O2/c12-5-7-1-2-10(17-11(14)15)8(3-7)4-9(16)6-13/h1-3,11H,4-6H2. The maximum absolute atomic E-state index is 12.2. The van der Waals surface area contributed by atoms with Gasteiger partial charge in [-0.05, 0) is 11.6 Å². The Balaban J connectivity index is 2.98. The summed E-state index contributed by atoms with van der Waals surface area (Å²) in [7, 11) is 0. The fourth-order valence-corrected chi connectivity index (χ4v) is 1.87. The molecule has 0 radical (unpaired) electrons. The van der Waals surface area contributed by atoms with Crippen molar-refractivity contribution in [3.05, 3.63) is 29.3 Å². The van der Waals surface area contributed by atoms with Crippen molar-refractivity contribution < 1.29 is 18.3 Å². The molecule has 0 saturated heterocycles. The molecule has 0 amide bonds. The fourth-order valence-electron chi connectivity index (χ4n) is 1.32. The van der Waals surface area contributed by atoms with Crippen LogP contribution in [0.3, 0.4) is 0 Å². The predicted molar refractivity (Wildman–Crippen MR) is 68.2 cm³/mol. The second kappa shape index (κ2) is 7.06. The molecule has 0 unspecified atom stereocenters. The van der Waals surface area contributed by atoms with E-state index in [2.05, 4.69) is 36.6 Å². The first-order valence-corrected chi connectivity index (χ1v) is 7.01. The molecule has 0 atom stereocenters. The Morgan fingerprint density at radius 2 is 2.06 bits per heavy atom. The van der Waals surface area contributed by atoms with Gasteiger partial charge in [0.05, 0.1) is 5.33 Å². The highest BCUT2D eigenvalue weighted by molar-refractivity contribution is 9.09. The summed E-state index contributed by atoms with van der Waals surface area (Å²) in [4.78, 5) is 11.3. The lowest BCUT2D eigenvalue weighted by atomic mass is 10.1. The number of ether oxygens (including phenoxy) is 1. The van der Waals surface area contributed by atoms with Gasteiger partial charge in [0.25, 0.3) is 0 Å². The van der Waals surface area contributed by atoms with E-state index in [0.717, 1.165) is 5.56 Å². The van der Waals surface area contributed by atoms with E-state index in [-0.39, 0.29) is 23.3 Å². The molecule has 1 aromatic rings.